The first-order chi connectivity index (χ1) is 11.4. The molecule has 1 amide bonds. The van der Waals surface area contributed by atoms with Gasteiger partial charge in [-0.2, -0.15) is 5.26 Å². The molecule has 0 heterocycles. The minimum absolute atomic E-state index is 0.109. The topological polar surface area (TPSA) is 79.2 Å². The molecule has 0 aliphatic carbocycles. The molecule has 7 heteroatoms. The standard InChI is InChI=1S/C17H12Cl2N2O3/c1-10(16(22)21-15-5-3-2-4-11(15)9-20)24-17(23)13-7-6-12(18)8-14(13)19/h2-8,10H,1H3,(H,21,22)/t10-/m1/s1. The van der Waals surface area contributed by atoms with Gasteiger partial charge in [0.05, 0.1) is 21.8 Å². The highest BCUT2D eigenvalue weighted by atomic mass is 35.5. The second kappa shape index (κ2) is 7.82. The lowest BCUT2D eigenvalue weighted by molar-refractivity contribution is -0.123. The third-order valence-electron chi connectivity index (χ3n) is 3.11. The molecule has 0 saturated heterocycles. The van der Waals surface area contributed by atoms with Gasteiger partial charge in [0.2, 0.25) is 0 Å². The number of nitrogens with zero attached hydrogens (tertiary/aromatic N) is 1. The fourth-order valence-electron chi connectivity index (χ4n) is 1.86. The molecule has 5 nitrogen and oxygen atoms in total. The zero-order valence-electron chi connectivity index (χ0n) is 12.5. The van der Waals surface area contributed by atoms with Crippen molar-refractivity contribution in [2.24, 2.45) is 0 Å². The van der Waals surface area contributed by atoms with E-state index >= 15 is 0 Å². The Bertz CT molecular complexity index is 831. The molecular formula is C17H12Cl2N2O3. The summed E-state index contributed by atoms with van der Waals surface area (Å²) in [6.45, 7) is 1.42. The first kappa shape index (κ1) is 17.8. The molecule has 0 aromatic heterocycles. The van der Waals surface area contributed by atoms with E-state index in [0.29, 0.717) is 16.3 Å². The molecule has 2 aromatic rings. The monoisotopic (exact) mass is 362 g/mol. The summed E-state index contributed by atoms with van der Waals surface area (Å²) in [7, 11) is 0. The van der Waals surface area contributed by atoms with Crippen LogP contribution in [0.5, 0.6) is 0 Å². The number of hydrogen-bond donors (Lipinski definition) is 1. The molecule has 1 atom stereocenters. The van der Waals surface area contributed by atoms with Crippen LogP contribution >= 0.6 is 23.2 Å². The molecule has 0 radical (unpaired) electrons. The molecule has 0 fully saturated rings. The Morgan fingerprint density at radius 3 is 2.58 bits per heavy atom. The number of amides is 1. The van der Waals surface area contributed by atoms with Crippen LogP contribution < -0.4 is 5.32 Å². The average Bonchev–Trinajstić information content (AvgIpc) is 2.55. The highest BCUT2D eigenvalue weighted by Crippen LogP contribution is 2.22. The summed E-state index contributed by atoms with van der Waals surface area (Å²) in [5.41, 5.74) is 0.765. The van der Waals surface area contributed by atoms with Crippen LogP contribution in [0.4, 0.5) is 5.69 Å². The highest BCUT2D eigenvalue weighted by Gasteiger charge is 2.21. The number of rotatable bonds is 4. The maximum atomic E-state index is 12.1. The van der Waals surface area contributed by atoms with Gasteiger partial charge in [-0.25, -0.2) is 4.79 Å². The molecule has 0 aliphatic heterocycles. The van der Waals surface area contributed by atoms with E-state index in [9.17, 15) is 9.59 Å². The Balaban J connectivity index is 2.06. The number of carbonyl (C=O) groups excluding carboxylic acids is 2. The third kappa shape index (κ3) is 4.25. The molecule has 122 valence electrons. The molecule has 0 bridgehead atoms. The van der Waals surface area contributed by atoms with E-state index in [1.807, 2.05) is 6.07 Å². The Morgan fingerprint density at radius 2 is 1.92 bits per heavy atom. The number of nitrogens with one attached hydrogen (secondary N) is 1. The minimum atomic E-state index is -1.07. The summed E-state index contributed by atoms with van der Waals surface area (Å²) >= 11 is 11.7. The van der Waals surface area contributed by atoms with E-state index in [4.69, 9.17) is 33.2 Å². The van der Waals surface area contributed by atoms with Crippen LogP contribution in [0, 0.1) is 11.3 Å². The SMILES string of the molecule is C[C@@H](OC(=O)c1ccc(Cl)cc1Cl)C(=O)Nc1ccccc1C#N. The molecule has 2 aromatic carbocycles. The quantitative estimate of drug-likeness (QED) is 0.832. The maximum Gasteiger partial charge on any atom is 0.340 e. The molecular weight excluding hydrogens is 351 g/mol. The predicted molar refractivity (Wildman–Crippen MR) is 91.1 cm³/mol. The molecule has 0 unspecified atom stereocenters. The number of hydrogen-bond acceptors (Lipinski definition) is 4. The number of esters is 1. The van der Waals surface area contributed by atoms with E-state index < -0.39 is 18.0 Å². The molecule has 0 saturated carbocycles. The predicted octanol–water partition coefficient (Wildman–Crippen LogP) is 4.05. The number of para-hydroxylation sites is 1. The second-order valence-corrected chi connectivity index (χ2v) is 5.66. The maximum absolute atomic E-state index is 12.1. The Morgan fingerprint density at radius 1 is 1.21 bits per heavy atom. The average molecular weight is 363 g/mol. The van der Waals surface area contributed by atoms with Gasteiger partial charge in [0, 0.05) is 5.02 Å². The summed E-state index contributed by atoms with van der Waals surface area (Å²) in [5, 5.41) is 12.1. The van der Waals surface area contributed by atoms with E-state index in [-0.39, 0.29) is 10.6 Å². The lowest BCUT2D eigenvalue weighted by atomic mass is 10.2. The van der Waals surface area contributed by atoms with Gasteiger partial charge in [-0.15, -0.1) is 0 Å². The molecule has 1 N–H and O–H groups in total. The van der Waals surface area contributed by atoms with Gasteiger partial charge in [0.1, 0.15) is 6.07 Å². The number of nitriles is 1. The fraction of sp³-hybridized carbons (Fsp3) is 0.118. The van der Waals surface area contributed by atoms with Crippen molar-refractivity contribution in [3.63, 3.8) is 0 Å². The first-order valence-corrected chi connectivity index (χ1v) is 7.64. The number of ether oxygens (including phenoxy) is 1. The van der Waals surface area contributed by atoms with Gasteiger partial charge in [-0.1, -0.05) is 35.3 Å². The Kier molecular flexibility index (Phi) is 5.80. The largest absolute Gasteiger partial charge is 0.449 e. The first-order valence-electron chi connectivity index (χ1n) is 6.88. The van der Waals surface area contributed by atoms with Crippen molar-refractivity contribution in [3.05, 3.63) is 63.6 Å². The number of anilines is 1. The normalized spacial score (nSPS) is 11.2. The third-order valence-corrected chi connectivity index (χ3v) is 3.66. The van der Waals surface area contributed by atoms with E-state index in [0.717, 1.165) is 0 Å². The van der Waals surface area contributed by atoms with Gasteiger partial charge >= 0.3 is 5.97 Å². The van der Waals surface area contributed by atoms with Crippen molar-refractivity contribution in [3.8, 4) is 6.07 Å². The lowest BCUT2D eigenvalue weighted by Gasteiger charge is -2.14. The Hall–Kier alpha value is -2.55. The van der Waals surface area contributed by atoms with Crippen molar-refractivity contribution in [1.29, 1.82) is 5.26 Å². The van der Waals surface area contributed by atoms with Crippen LogP contribution in [-0.4, -0.2) is 18.0 Å². The van der Waals surface area contributed by atoms with Crippen LogP contribution in [0.1, 0.15) is 22.8 Å². The van der Waals surface area contributed by atoms with Crippen molar-refractivity contribution < 1.29 is 14.3 Å². The number of carbonyl (C=O) groups is 2. The number of benzene rings is 2. The van der Waals surface area contributed by atoms with Gasteiger partial charge in [-0.05, 0) is 37.3 Å². The highest BCUT2D eigenvalue weighted by molar-refractivity contribution is 6.36. The van der Waals surface area contributed by atoms with Crippen molar-refractivity contribution in [2.75, 3.05) is 5.32 Å². The smallest absolute Gasteiger partial charge is 0.340 e. The van der Waals surface area contributed by atoms with Crippen LogP contribution in [-0.2, 0) is 9.53 Å². The zero-order valence-corrected chi connectivity index (χ0v) is 14.1. The van der Waals surface area contributed by atoms with Gasteiger partial charge in [0.25, 0.3) is 5.91 Å². The lowest BCUT2D eigenvalue weighted by Crippen LogP contribution is -2.30. The Labute approximate surface area is 148 Å². The van der Waals surface area contributed by atoms with E-state index in [1.54, 1.807) is 24.3 Å². The van der Waals surface area contributed by atoms with Gasteiger partial charge in [0.15, 0.2) is 6.10 Å². The molecule has 0 spiro atoms. The summed E-state index contributed by atoms with van der Waals surface area (Å²) in [5.74, 6) is -1.30. The molecule has 2 rings (SSSR count). The summed E-state index contributed by atoms with van der Waals surface area (Å²) < 4.78 is 5.10. The van der Waals surface area contributed by atoms with Crippen molar-refractivity contribution in [2.45, 2.75) is 13.0 Å². The summed E-state index contributed by atoms with van der Waals surface area (Å²) in [4.78, 5) is 24.2. The van der Waals surface area contributed by atoms with Crippen molar-refractivity contribution in [1.82, 2.24) is 0 Å². The van der Waals surface area contributed by atoms with Crippen LogP contribution in [0.25, 0.3) is 0 Å². The summed E-state index contributed by atoms with van der Waals surface area (Å²) in [6, 6.07) is 12.8. The van der Waals surface area contributed by atoms with Crippen LogP contribution in [0.2, 0.25) is 10.0 Å². The molecule has 24 heavy (non-hydrogen) atoms. The van der Waals surface area contributed by atoms with Gasteiger partial charge in [-0.3, -0.25) is 4.79 Å². The van der Waals surface area contributed by atoms with Gasteiger partial charge < -0.3 is 10.1 Å². The zero-order chi connectivity index (χ0) is 17.7. The number of halogens is 2. The molecule has 0 aliphatic rings. The van der Waals surface area contributed by atoms with Crippen molar-refractivity contribution >= 4 is 40.8 Å². The van der Waals surface area contributed by atoms with Crippen LogP contribution in [0.3, 0.4) is 0 Å². The van der Waals surface area contributed by atoms with Crippen LogP contribution in [0.15, 0.2) is 42.5 Å². The minimum Gasteiger partial charge on any atom is -0.449 e. The van der Waals surface area contributed by atoms with E-state index in [2.05, 4.69) is 5.32 Å². The second-order valence-electron chi connectivity index (χ2n) is 4.82. The fourth-order valence-corrected chi connectivity index (χ4v) is 2.34. The van der Waals surface area contributed by atoms with E-state index in [1.165, 1.54) is 25.1 Å². The summed E-state index contributed by atoms with van der Waals surface area (Å²) in [6.07, 6.45) is -1.07.